The van der Waals surface area contributed by atoms with Crippen LogP contribution in [0, 0.1) is 5.92 Å². The minimum atomic E-state index is -0.186. The standard InChI is InChI=1S/C11H23NO2/c1-9(2)11(13)8-12-6-4-10(14-3)5-7-12/h9-11,13H,4-8H2,1-3H3. The van der Waals surface area contributed by atoms with Gasteiger partial charge in [0.2, 0.25) is 0 Å². The molecule has 84 valence electrons. The van der Waals surface area contributed by atoms with Crippen molar-refractivity contribution in [1.29, 1.82) is 0 Å². The summed E-state index contributed by atoms with van der Waals surface area (Å²) in [5.74, 6) is 0.357. The Morgan fingerprint density at radius 2 is 1.93 bits per heavy atom. The first-order valence-electron chi connectivity index (χ1n) is 5.56. The van der Waals surface area contributed by atoms with Gasteiger partial charge in [-0.3, -0.25) is 0 Å². The SMILES string of the molecule is COC1CCN(CC(O)C(C)C)CC1. The molecular weight excluding hydrogens is 178 g/mol. The van der Waals surface area contributed by atoms with Crippen molar-refractivity contribution in [3.8, 4) is 0 Å². The molecule has 0 radical (unpaired) electrons. The second-order valence-electron chi connectivity index (χ2n) is 4.55. The fourth-order valence-electron chi connectivity index (χ4n) is 1.80. The minimum absolute atomic E-state index is 0.186. The van der Waals surface area contributed by atoms with Crippen LogP contribution in [0.4, 0.5) is 0 Å². The molecule has 1 unspecified atom stereocenters. The Morgan fingerprint density at radius 1 is 1.36 bits per heavy atom. The maximum Gasteiger partial charge on any atom is 0.0689 e. The first-order chi connectivity index (χ1) is 6.63. The zero-order valence-corrected chi connectivity index (χ0v) is 9.57. The lowest BCUT2D eigenvalue weighted by atomic mass is 10.0. The maximum absolute atomic E-state index is 9.73. The molecule has 0 amide bonds. The number of ether oxygens (including phenoxy) is 1. The predicted molar refractivity (Wildman–Crippen MR) is 57.3 cm³/mol. The minimum Gasteiger partial charge on any atom is -0.392 e. The molecule has 1 fully saturated rings. The lowest BCUT2D eigenvalue weighted by Gasteiger charge is -2.33. The van der Waals surface area contributed by atoms with Crippen LogP contribution in [0.15, 0.2) is 0 Å². The van der Waals surface area contributed by atoms with Gasteiger partial charge in [-0.25, -0.2) is 0 Å². The molecule has 14 heavy (non-hydrogen) atoms. The summed E-state index contributed by atoms with van der Waals surface area (Å²) >= 11 is 0. The smallest absolute Gasteiger partial charge is 0.0689 e. The van der Waals surface area contributed by atoms with Crippen LogP contribution >= 0.6 is 0 Å². The van der Waals surface area contributed by atoms with Crippen LogP contribution in [0.1, 0.15) is 26.7 Å². The normalized spacial score (nSPS) is 22.9. The van der Waals surface area contributed by atoms with Crippen molar-refractivity contribution >= 4 is 0 Å². The summed E-state index contributed by atoms with van der Waals surface area (Å²) < 4.78 is 5.30. The average Bonchev–Trinajstić information content (AvgIpc) is 2.19. The highest BCUT2D eigenvalue weighted by molar-refractivity contribution is 4.75. The Hall–Kier alpha value is -0.120. The number of likely N-dealkylation sites (tertiary alicyclic amines) is 1. The number of piperidine rings is 1. The molecule has 1 rings (SSSR count). The van der Waals surface area contributed by atoms with E-state index in [0.29, 0.717) is 12.0 Å². The molecule has 1 N–H and O–H groups in total. The van der Waals surface area contributed by atoms with Crippen molar-refractivity contribution in [3.05, 3.63) is 0 Å². The summed E-state index contributed by atoms with van der Waals surface area (Å²) in [6.07, 6.45) is 2.44. The number of rotatable bonds is 4. The van der Waals surface area contributed by atoms with Crippen LogP contribution in [0.25, 0.3) is 0 Å². The molecule has 3 nitrogen and oxygen atoms in total. The van der Waals surface area contributed by atoms with Crippen molar-refractivity contribution in [2.24, 2.45) is 5.92 Å². The highest BCUT2D eigenvalue weighted by Gasteiger charge is 2.21. The molecular formula is C11H23NO2. The fraction of sp³-hybridized carbons (Fsp3) is 1.00. The van der Waals surface area contributed by atoms with E-state index < -0.39 is 0 Å². The van der Waals surface area contributed by atoms with Gasteiger partial charge in [-0.05, 0) is 18.8 Å². The predicted octanol–water partition coefficient (Wildman–Crippen LogP) is 1.11. The van der Waals surface area contributed by atoms with Gasteiger partial charge in [-0.2, -0.15) is 0 Å². The molecule has 1 aliphatic rings. The number of aliphatic hydroxyl groups excluding tert-OH is 1. The van der Waals surface area contributed by atoms with E-state index in [2.05, 4.69) is 18.7 Å². The van der Waals surface area contributed by atoms with E-state index in [9.17, 15) is 5.11 Å². The Balaban J connectivity index is 2.22. The highest BCUT2D eigenvalue weighted by atomic mass is 16.5. The summed E-state index contributed by atoms with van der Waals surface area (Å²) in [5, 5.41) is 9.73. The van der Waals surface area contributed by atoms with Crippen LogP contribution in [-0.2, 0) is 4.74 Å². The van der Waals surface area contributed by atoms with Crippen molar-refractivity contribution < 1.29 is 9.84 Å². The summed E-state index contributed by atoms with van der Waals surface area (Å²) in [4.78, 5) is 2.33. The second-order valence-corrected chi connectivity index (χ2v) is 4.55. The van der Waals surface area contributed by atoms with Gasteiger partial charge in [0, 0.05) is 26.7 Å². The number of hydrogen-bond acceptors (Lipinski definition) is 3. The lowest BCUT2D eigenvalue weighted by Crippen LogP contribution is -2.42. The third-order valence-corrected chi connectivity index (χ3v) is 3.08. The molecule has 0 aliphatic carbocycles. The van der Waals surface area contributed by atoms with Crippen molar-refractivity contribution in [2.75, 3.05) is 26.7 Å². The van der Waals surface area contributed by atoms with Crippen LogP contribution in [0.2, 0.25) is 0 Å². The summed E-state index contributed by atoms with van der Waals surface area (Å²) in [6, 6.07) is 0. The third kappa shape index (κ3) is 3.56. The number of aliphatic hydroxyl groups is 1. The van der Waals surface area contributed by atoms with E-state index in [1.165, 1.54) is 0 Å². The molecule has 1 atom stereocenters. The van der Waals surface area contributed by atoms with Crippen molar-refractivity contribution in [3.63, 3.8) is 0 Å². The molecule has 1 heterocycles. The second kappa shape index (κ2) is 5.69. The van der Waals surface area contributed by atoms with Crippen LogP contribution < -0.4 is 0 Å². The third-order valence-electron chi connectivity index (χ3n) is 3.08. The molecule has 0 saturated carbocycles. The monoisotopic (exact) mass is 201 g/mol. The molecule has 0 spiro atoms. The Morgan fingerprint density at radius 3 is 2.36 bits per heavy atom. The molecule has 0 aromatic heterocycles. The lowest BCUT2D eigenvalue weighted by molar-refractivity contribution is 0.0159. The molecule has 3 heteroatoms. The number of nitrogens with zero attached hydrogens (tertiary/aromatic N) is 1. The van der Waals surface area contributed by atoms with E-state index in [1.54, 1.807) is 7.11 Å². The molecule has 1 aliphatic heterocycles. The van der Waals surface area contributed by atoms with Crippen LogP contribution in [-0.4, -0.2) is 49.0 Å². The van der Waals surface area contributed by atoms with Crippen molar-refractivity contribution in [2.45, 2.75) is 38.9 Å². The van der Waals surface area contributed by atoms with Gasteiger partial charge >= 0.3 is 0 Å². The number of hydrogen-bond donors (Lipinski definition) is 1. The quantitative estimate of drug-likeness (QED) is 0.739. The first-order valence-corrected chi connectivity index (χ1v) is 5.56. The van der Waals surface area contributed by atoms with E-state index in [4.69, 9.17) is 4.74 Å². The maximum atomic E-state index is 9.73. The van der Waals surface area contributed by atoms with Gasteiger partial charge in [-0.1, -0.05) is 13.8 Å². The van der Waals surface area contributed by atoms with Gasteiger partial charge in [0.1, 0.15) is 0 Å². The van der Waals surface area contributed by atoms with Gasteiger partial charge in [-0.15, -0.1) is 0 Å². The number of methoxy groups -OCH3 is 1. The Kier molecular flexibility index (Phi) is 4.85. The van der Waals surface area contributed by atoms with Gasteiger partial charge in [0.25, 0.3) is 0 Å². The van der Waals surface area contributed by atoms with Gasteiger partial charge in [0.05, 0.1) is 12.2 Å². The molecule has 1 saturated heterocycles. The zero-order valence-electron chi connectivity index (χ0n) is 9.57. The summed E-state index contributed by atoms with van der Waals surface area (Å²) in [7, 11) is 1.78. The molecule has 0 aromatic rings. The Labute approximate surface area is 87.1 Å². The van der Waals surface area contributed by atoms with Gasteiger partial charge in [0.15, 0.2) is 0 Å². The van der Waals surface area contributed by atoms with E-state index in [1.807, 2.05) is 0 Å². The summed E-state index contributed by atoms with van der Waals surface area (Å²) in [6.45, 7) is 7.05. The molecule has 0 bridgehead atoms. The average molecular weight is 201 g/mol. The Bertz CT molecular complexity index is 153. The van der Waals surface area contributed by atoms with E-state index in [0.717, 1.165) is 32.5 Å². The molecule has 0 aromatic carbocycles. The largest absolute Gasteiger partial charge is 0.392 e. The fourth-order valence-corrected chi connectivity index (χ4v) is 1.80. The van der Waals surface area contributed by atoms with E-state index in [-0.39, 0.29) is 6.10 Å². The number of β-amino-alcohol motifs (C(OH)–C–C–N with tert-alkyl or cyclic N) is 1. The summed E-state index contributed by atoms with van der Waals surface area (Å²) in [5.41, 5.74) is 0. The zero-order chi connectivity index (χ0) is 10.6. The van der Waals surface area contributed by atoms with E-state index >= 15 is 0 Å². The van der Waals surface area contributed by atoms with Crippen LogP contribution in [0.5, 0.6) is 0 Å². The van der Waals surface area contributed by atoms with Crippen LogP contribution in [0.3, 0.4) is 0 Å². The van der Waals surface area contributed by atoms with Gasteiger partial charge < -0.3 is 14.7 Å². The first kappa shape index (κ1) is 12.0. The highest BCUT2D eigenvalue weighted by Crippen LogP contribution is 2.14. The van der Waals surface area contributed by atoms with Crippen molar-refractivity contribution in [1.82, 2.24) is 4.90 Å². The topological polar surface area (TPSA) is 32.7 Å².